The Bertz CT molecular complexity index is 729. The van der Waals surface area contributed by atoms with Gasteiger partial charge in [-0.2, -0.15) is 0 Å². The molecule has 0 bridgehead atoms. The maximum absolute atomic E-state index is 5.83. The molecule has 3 aromatic rings. The molecule has 1 aromatic heterocycles. The molecule has 104 valence electrons. The summed E-state index contributed by atoms with van der Waals surface area (Å²) in [6, 6.07) is 19.3. The van der Waals surface area contributed by atoms with Gasteiger partial charge in [0, 0.05) is 18.8 Å². The first-order chi connectivity index (χ1) is 10.3. The highest BCUT2D eigenvalue weighted by molar-refractivity contribution is 5.59. The first-order valence-corrected chi connectivity index (χ1v) is 6.69. The van der Waals surface area contributed by atoms with Crippen LogP contribution in [-0.4, -0.2) is 17.0 Å². The molecule has 0 atom stereocenters. The van der Waals surface area contributed by atoms with Crippen molar-refractivity contribution < 1.29 is 4.74 Å². The van der Waals surface area contributed by atoms with Gasteiger partial charge in [0.25, 0.3) is 0 Å². The normalized spacial score (nSPS) is 10.1. The summed E-state index contributed by atoms with van der Waals surface area (Å²) < 4.78 is 5.83. The number of benzene rings is 2. The van der Waals surface area contributed by atoms with E-state index in [0.29, 0.717) is 5.82 Å². The van der Waals surface area contributed by atoms with Crippen LogP contribution in [0, 0.1) is 0 Å². The number of nitrogens with one attached hydrogen (secondary N) is 1. The molecule has 0 saturated carbocycles. The lowest BCUT2D eigenvalue weighted by molar-refractivity contribution is 0.483. The number of para-hydroxylation sites is 1. The Morgan fingerprint density at radius 2 is 1.71 bits per heavy atom. The Labute approximate surface area is 123 Å². The molecule has 0 unspecified atom stereocenters. The zero-order valence-electron chi connectivity index (χ0n) is 11.7. The third-order valence-corrected chi connectivity index (χ3v) is 2.98. The zero-order valence-corrected chi connectivity index (χ0v) is 11.7. The fourth-order valence-electron chi connectivity index (χ4n) is 1.96. The molecule has 1 N–H and O–H groups in total. The van der Waals surface area contributed by atoms with Crippen LogP contribution in [0.25, 0.3) is 11.4 Å². The lowest BCUT2D eigenvalue weighted by atomic mass is 10.2. The van der Waals surface area contributed by atoms with Gasteiger partial charge < -0.3 is 10.1 Å². The molecule has 21 heavy (non-hydrogen) atoms. The summed E-state index contributed by atoms with van der Waals surface area (Å²) in [4.78, 5) is 8.73. The van der Waals surface area contributed by atoms with Gasteiger partial charge in [0.2, 0.25) is 0 Å². The van der Waals surface area contributed by atoms with E-state index in [1.54, 1.807) is 6.20 Å². The number of hydrogen-bond acceptors (Lipinski definition) is 4. The standard InChI is InChI=1S/C17H15N3O/c1-18-16-10-11-19-17(20-16)13-6-5-9-15(12-13)21-14-7-3-2-4-8-14/h2-12H,1H3,(H,18,19,20). The summed E-state index contributed by atoms with van der Waals surface area (Å²) >= 11 is 0. The molecule has 4 heteroatoms. The SMILES string of the molecule is CNc1ccnc(-c2cccc(Oc3ccccc3)c2)n1. The number of ether oxygens (including phenoxy) is 1. The molecule has 3 rings (SSSR count). The third kappa shape index (κ3) is 3.17. The van der Waals surface area contributed by atoms with Crippen LogP contribution in [0.1, 0.15) is 0 Å². The lowest BCUT2D eigenvalue weighted by Crippen LogP contribution is -1.95. The van der Waals surface area contributed by atoms with Crippen molar-refractivity contribution in [3.05, 3.63) is 66.9 Å². The van der Waals surface area contributed by atoms with Crippen molar-refractivity contribution in [1.82, 2.24) is 9.97 Å². The van der Waals surface area contributed by atoms with E-state index in [1.807, 2.05) is 67.7 Å². The second kappa shape index (κ2) is 6.05. The molecule has 0 amide bonds. The summed E-state index contributed by atoms with van der Waals surface area (Å²) in [5.74, 6) is 3.02. The topological polar surface area (TPSA) is 47.0 Å². The van der Waals surface area contributed by atoms with Gasteiger partial charge >= 0.3 is 0 Å². The van der Waals surface area contributed by atoms with Gasteiger partial charge in [0.15, 0.2) is 5.82 Å². The van der Waals surface area contributed by atoms with Gasteiger partial charge in [0.1, 0.15) is 17.3 Å². The molecule has 0 fully saturated rings. The number of hydrogen-bond donors (Lipinski definition) is 1. The van der Waals surface area contributed by atoms with Gasteiger partial charge in [-0.05, 0) is 30.3 Å². The van der Waals surface area contributed by atoms with Crippen molar-refractivity contribution in [3.8, 4) is 22.9 Å². The second-order valence-electron chi connectivity index (χ2n) is 4.46. The summed E-state index contributed by atoms with van der Waals surface area (Å²) in [5.41, 5.74) is 0.917. The Morgan fingerprint density at radius 3 is 2.52 bits per heavy atom. The van der Waals surface area contributed by atoms with E-state index in [-0.39, 0.29) is 0 Å². The predicted molar refractivity (Wildman–Crippen MR) is 83.5 cm³/mol. The van der Waals surface area contributed by atoms with Crippen LogP contribution in [0.15, 0.2) is 66.9 Å². The summed E-state index contributed by atoms with van der Waals surface area (Å²) in [6.45, 7) is 0. The van der Waals surface area contributed by atoms with Gasteiger partial charge in [-0.15, -0.1) is 0 Å². The number of rotatable bonds is 4. The average molecular weight is 277 g/mol. The maximum atomic E-state index is 5.83. The van der Waals surface area contributed by atoms with Crippen molar-refractivity contribution in [2.45, 2.75) is 0 Å². The highest BCUT2D eigenvalue weighted by Gasteiger charge is 2.04. The molecule has 1 heterocycles. The van der Waals surface area contributed by atoms with Crippen molar-refractivity contribution in [1.29, 1.82) is 0 Å². The van der Waals surface area contributed by atoms with Gasteiger partial charge in [-0.25, -0.2) is 9.97 Å². The highest BCUT2D eigenvalue weighted by atomic mass is 16.5. The minimum absolute atomic E-state index is 0.667. The van der Waals surface area contributed by atoms with Crippen LogP contribution in [0.4, 0.5) is 5.82 Å². The smallest absolute Gasteiger partial charge is 0.161 e. The van der Waals surface area contributed by atoms with E-state index in [2.05, 4.69) is 15.3 Å². The molecule has 4 nitrogen and oxygen atoms in total. The Kier molecular flexibility index (Phi) is 3.78. The quantitative estimate of drug-likeness (QED) is 0.783. The highest BCUT2D eigenvalue weighted by Crippen LogP contribution is 2.25. The van der Waals surface area contributed by atoms with E-state index in [4.69, 9.17) is 4.74 Å². The van der Waals surface area contributed by atoms with Crippen LogP contribution in [0.5, 0.6) is 11.5 Å². The first kappa shape index (κ1) is 13.1. The Morgan fingerprint density at radius 1 is 0.905 bits per heavy atom. The fourth-order valence-corrected chi connectivity index (χ4v) is 1.96. The van der Waals surface area contributed by atoms with Crippen molar-refractivity contribution in [2.75, 3.05) is 12.4 Å². The summed E-state index contributed by atoms with van der Waals surface area (Å²) in [6.07, 6.45) is 1.74. The Balaban J connectivity index is 1.89. The first-order valence-electron chi connectivity index (χ1n) is 6.69. The van der Waals surface area contributed by atoms with E-state index < -0.39 is 0 Å². The fraction of sp³-hybridized carbons (Fsp3) is 0.0588. The minimum Gasteiger partial charge on any atom is -0.457 e. The molecular formula is C17H15N3O. The van der Waals surface area contributed by atoms with Crippen LogP contribution >= 0.6 is 0 Å². The van der Waals surface area contributed by atoms with Crippen LogP contribution in [-0.2, 0) is 0 Å². The Hall–Kier alpha value is -2.88. The molecule has 0 aliphatic rings. The number of anilines is 1. The maximum Gasteiger partial charge on any atom is 0.161 e. The number of nitrogens with zero attached hydrogens (tertiary/aromatic N) is 2. The van der Waals surface area contributed by atoms with E-state index in [9.17, 15) is 0 Å². The molecule has 0 aliphatic carbocycles. The van der Waals surface area contributed by atoms with E-state index in [0.717, 1.165) is 22.9 Å². The monoisotopic (exact) mass is 277 g/mol. The third-order valence-electron chi connectivity index (χ3n) is 2.98. The molecule has 0 spiro atoms. The molecule has 0 aliphatic heterocycles. The van der Waals surface area contributed by atoms with Crippen molar-refractivity contribution in [2.24, 2.45) is 0 Å². The zero-order chi connectivity index (χ0) is 14.5. The lowest BCUT2D eigenvalue weighted by Gasteiger charge is -2.07. The molecule has 2 aromatic carbocycles. The van der Waals surface area contributed by atoms with Crippen LogP contribution in [0.3, 0.4) is 0 Å². The molecular weight excluding hydrogens is 262 g/mol. The van der Waals surface area contributed by atoms with E-state index in [1.165, 1.54) is 0 Å². The predicted octanol–water partition coefficient (Wildman–Crippen LogP) is 3.98. The largest absolute Gasteiger partial charge is 0.457 e. The molecule has 0 saturated heterocycles. The summed E-state index contributed by atoms with van der Waals surface area (Å²) in [5, 5.41) is 3.01. The van der Waals surface area contributed by atoms with Crippen molar-refractivity contribution >= 4 is 5.82 Å². The van der Waals surface area contributed by atoms with Crippen LogP contribution in [0.2, 0.25) is 0 Å². The summed E-state index contributed by atoms with van der Waals surface area (Å²) in [7, 11) is 1.83. The van der Waals surface area contributed by atoms with Crippen molar-refractivity contribution in [3.63, 3.8) is 0 Å². The minimum atomic E-state index is 0.667. The van der Waals surface area contributed by atoms with Crippen LogP contribution < -0.4 is 10.1 Å². The van der Waals surface area contributed by atoms with Gasteiger partial charge in [-0.3, -0.25) is 0 Å². The number of aromatic nitrogens is 2. The average Bonchev–Trinajstić information content (AvgIpc) is 2.56. The van der Waals surface area contributed by atoms with Gasteiger partial charge in [-0.1, -0.05) is 30.3 Å². The van der Waals surface area contributed by atoms with E-state index >= 15 is 0 Å². The molecule has 0 radical (unpaired) electrons. The second-order valence-corrected chi connectivity index (χ2v) is 4.46. The van der Waals surface area contributed by atoms with Gasteiger partial charge in [0.05, 0.1) is 0 Å².